The molecule has 230 valence electrons. The molecule has 0 unspecified atom stereocenters. The van der Waals surface area contributed by atoms with E-state index in [2.05, 4.69) is 15.0 Å². The Hall–Kier alpha value is -3.18. The number of alkyl halides is 2. The number of carbonyl (C=O) groups excluding carboxylic acids is 1. The van der Waals surface area contributed by atoms with Gasteiger partial charge in [-0.3, -0.25) is 0 Å². The number of para-hydroxylation sites is 1. The first-order valence-electron chi connectivity index (χ1n) is 14.2. The van der Waals surface area contributed by atoms with Crippen LogP contribution in [0.5, 0.6) is 17.2 Å². The van der Waals surface area contributed by atoms with E-state index in [0.717, 1.165) is 25.7 Å². The maximum atomic E-state index is 13.5. The minimum absolute atomic E-state index is 0.0160. The van der Waals surface area contributed by atoms with E-state index < -0.39 is 18.7 Å². The number of pyridine rings is 1. The van der Waals surface area contributed by atoms with Crippen LogP contribution in [0, 0.1) is 5.92 Å². The lowest BCUT2D eigenvalue weighted by atomic mass is 10.0. The third-order valence-corrected chi connectivity index (χ3v) is 8.18. The molecule has 3 N–H and O–H groups in total. The van der Waals surface area contributed by atoms with Crippen LogP contribution in [-0.2, 0) is 22.4 Å². The molecule has 5 rings (SSSR count). The Labute approximate surface area is 258 Å². The fourth-order valence-electron chi connectivity index (χ4n) is 4.85. The van der Waals surface area contributed by atoms with E-state index in [1.165, 1.54) is 24.3 Å². The Morgan fingerprint density at radius 2 is 1.81 bits per heavy atom. The van der Waals surface area contributed by atoms with Crippen LogP contribution in [-0.4, -0.2) is 43.5 Å². The maximum Gasteiger partial charge on any atom is 0.387 e. The summed E-state index contributed by atoms with van der Waals surface area (Å²) in [4.78, 5) is 16.4. The van der Waals surface area contributed by atoms with Crippen molar-refractivity contribution in [3.63, 3.8) is 0 Å². The topological polar surface area (TPSA) is 100 Å². The molecule has 2 fully saturated rings. The fraction of sp³-hybridized carbons (Fsp3) is 0.419. The number of halogens is 4. The first kappa shape index (κ1) is 31.3. The second kappa shape index (κ2) is 14.5. The normalized spacial score (nSPS) is 16.2. The zero-order valence-electron chi connectivity index (χ0n) is 23.3. The van der Waals surface area contributed by atoms with E-state index in [1.807, 2.05) is 0 Å². The van der Waals surface area contributed by atoms with Crippen molar-refractivity contribution in [3.05, 3.63) is 81.1 Å². The van der Waals surface area contributed by atoms with Gasteiger partial charge >= 0.3 is 12.6 Å². The molecule has 2 aromatic carbocycles. The predicted molar refractivity (Wildman–Crippen MR) is 155 cm³/mol. The first-order chi connectivity index (χ1) is 20.8. The molecule has 1 aromatic heterocycles. The van der Waals surface area contributed by atoms with Gasteiger partial charge < -0.3 is 29.4 Å². The van der Waals surface area contributed by atoms with Gasteiger partial charge in [-0.25, -0.2) is 9.78 Å². The van der Waals surface area contributed by atoms with Crippen LogP contribution in [0.4, 0.5) is 8.78 Å². The number of aromatic nitrogens is 1. The molecule has 1 aliphatic carbocycles. The molecule has 0 bridgehead atoms. The highest BCUT2D eigenvalue weighted by molar-refractivity contribution is 6.35. The number of hydrogen-bond donors (Lipinski definition) is 2. The summed E-state index contributed by atoms with van der Waals surface area (Å²) in [7, 11) is 0. The summed E-state index contributed by atoms with van der Waals surface area (Å²) >= 11 is 12.9. The Balaban J connectivity index is 1.41. The smallest absolute Gasteiger partial charge is 0.387 e. The highest BCUT2D eigenvalue weighted by Gasteiger charge is 2.27. The third-order valence-electron chi connectivity index (χ3n) is 7.50. The highest BCUT2D eigenvalue weighted by Crippen LogP contribution is 2.38. The minimum Gasteiger partial charge on any atom is -0.507 e. The van der Waals surface area contributed by atoms with Gasteiger partial charge in [-0.1, -0.05) is 41.4 Å². The zero-order chi connectivity index (χ0) is 30.3. The van der Waals surface area contributed by atoms with Crippen molar-refractivity contribution in [2.45, 2.75) is 57.4 Å². The van der Waals surface area contributed by atoms with Gasteiger partial charge in [0.2, 0.25) is 0 Å². The first-order valence-corrected chi connectivity index (χ1v) is 14.9. The van der Waals surface area contributed by atoms with Crippen LogP contribution in [0.3, 0.4) is 0 Å². The third kappa shape index (κ3) is 8.47. The standard InChI is InChI=1S/C31H32Cl2F2N2O6/c32-24-15-36-16-25(33)23(24)13-27(19-6-7-26(43-31(34)35)28(12-19)41-17-18-4-5-18)42-30(39)22-3-1-2-20(29(22)38)14-37-21-8-10-40-11-9-21/h1-3,6-7,12,15-16,18,21,27,31,37-38H,4-5,8-11,13-14,17H2/p+1/t27-/m0/s1. The van der Waals surface area contributed by atoms with Crippen LogP contribution in [0.25, 0.3) is 0 Å². The number of esters is 1. The zero-order valence-corrected chi connectivity index (χ0v) is 24.8. The number of aromatic hydroxyl groups is 1. The summed E-state index contributed by atoms with van der Waals surface area (Å²) in [5.74, 6) is -0.638. The molecular formula is C31H33Cl2F2N2O6+. The number of H-pyrrole nitrogens is 1. The molecule has 12 heteroatoms. The lowest BCUT2D eigenvalue weighted by Gasteiger charge is -2.24. The molecule has 0 radical (unpaired) electrons. The lowest BCUT2D eigenvalue weighted by Crippen LogP contribution is -2.34. The van der Waals surface area contributed by atoms with Crippen molar-refractivity contribution in [2.75, 3.05) is 19.8 Å². The Kier molecular flexibility index (Phi) is 10.6. The molecule has 1 aliphatic heterocycles. The van der Waals surface area contributed by atoms with Gasteiger partial charge in [0, 0.05) is 43.3 Å². The fourth-order valence-corrected chi connectivity index (χ4v) is 5.39. The summed E-state index contributed by atoms with van der Waals surface area (Å²) < 4.78 is 48.1. The largest absolute Gasteiger partial charge is 0.507 e. The number of ether oxygens (including phenoxy) is 4. The van der Waals surface area contributed by atoms with Gasteiger partial charge in [-0.15, -0.1) is 0 Å². The molecule has 1 saturated carbocycles. The number of phenolic OH excluding ortho intramolecular Hbond substituents is 1. The predicted octanol–water partition coefficient (Wildman–Crippen LogP) is 6.31. The van der Waals surface area contributed by atoms with Crippen LogP contribution in [0.2, 0.25) is 10.0 Å². The molecular weight excluding hydrogens is 605 g/mol. The van der Waals surface area contributed by atoms with E-state index >= 15 is 0 Å². The van der Waals surface area contributed by atoms with Gasteiger partial charge in [-0.2, -0.15) is 8.78 Å². The van der Waals surface area contributed by atoms with Crippen LogP contribution in [0.1, 0.15) is 58.8 Å². The van der Waals surface area contributed by atoms with Crippen LogP contribution < -0.4 is 19.8 Å². The SMILES string of the molecule is O=C(O[C@@H](Cc1c(Cl)c[nH+]cc1Cl)c1ccc(OC(F)F)c(OCC2CC2)c1)c1cccc(CNC2CCOCC2)c1O. The van der Waals surface area contributed by atoms with Crippen molar-refractivity contribution in [1.82, 2.24) is 5.32 Å². The second-order valence-electron chi connectivity index (χ2n) is 10.6. The summed E-state index contributed by atoms with van der Waals surface area (Å²) in [5, 5.41) is 15.1. The van der Waals surface area contributed by atoms with Crippen molar-refractivity contribution in [1.29, 1.82) is 0 Å². The van der Waals surface area contributed by atoms with Gasteiger partial charge in [0.1, 0.15) is 27.5 Å². The number of rotatable bonds is 13. The van der Waals surface area contributed by atoms with Gasteiger partial charge in [0.05, 0.1) is 6.61 Å². The summed E-state index contributed by atoms with van der Waals surface area (Å²) in [6.07, 6.45) is 5.90. The number of aromatic amines is 1. The van der Waals surface area contributed by atoms with Crippen molar-refractivity contribution >= 4 is 29.2 Å². The molecule has 2 aliphatic rings. The number of phenols is 1. The maximum absolute atomic E-state index is 13.5. The number of benzene rings is 2. The molecule has 43 heavy (non-hydrogen) atoms. The Bertz CT molecular complexity index is 1400. The average Bonchev–Trinajstić information content (AvgIpc) is 3.82. The van der Waals surface area contributed by atoms with E-state index in [1.54, 1.807) is 24.5 Å². The molecule has 0 spiro atoms. The summed E-state index contributed by atoms with van der Waals surface area (Å²) in [6.45, 7) is -0.986. The quantitative estimate of drug-likeness (QED) is 0.212. The number of hydrogen-bond acceptors (Lipinski definition) is 7. The summed E-state index contributed by atoms with van der Waals surface area (Å²) in [6, 6.07) is 9.53. The molecule has 1 saturated heterocycles. The Morgan fingerprint density at radius 1 is 1.07 bits per heavy atom. The lowest BCUT2D eigenvalue weighted by molar-refractivity contribution is -0.377. The number of carbonyl (C=O) groups is 1. The summed E-state index contributed by atoms with van der Waals surface area (Å²) in [5.41, 5.74) is 1.48. The molecule has 8 nitrogen and oxygen atoms in total. The molecule has 3 aromatic rings. The van der Waals surface area contributed by atoms with E-state index in [-0.39, 0.29) is 35.3 Å². The second-order valence-corrected chi connectivity index (χ2v) is 11.5. The van der Waals surface area contributed by atoms with E-state index in [0.29, 0.717) is 59.0 Å². The van der Waals surface area contributed by atoms with Gasteiger partial charge in [0.15, 0.2) is 23.9 Å². The van der Waals surface area contributed by atoms with Crippen molar-refractivity contribution < 1.29 is 42.6 Å². The van der Waals surface area contributed by atoms with Crippen molar-refractivity contribution in [2.24, 2.45) is 5.92 Å². The monoisotopic (exact) mass is 637 g/mol. The van der Waals surface area contributed by atoms with Crippen LogP contribution in [0.15, 0.2) is 48.8 Å². The minimum atomic E-state index is -3.04. The van der Waals surface area contributed by atoms with Gasteiger partial charge in [-0.05, 0) is 55.4 Å². The highest BCUT2D eigenvalue weighted by atomic mass is 35.5. The average molecular weight is 639 g/mol. The van der Waals surface area contributed by atoms with Gasteiger partial charge in [0.25, 0.3) is 0 Å². The van der Waals surface area contributed by atoms with Crippen molar-refractivity contribution in [3.8, 4) is 17.2 Å². The molecule has 2 heterocycles. The molecule has 1 atom stereocenters. The number of nitrogens with one attached hydrogen (secondary N) is 2. The molecule has 0 amide bonds. The van der Waals surface area contributed by atoms with Crippen LogP contribution >= 0.6 is 23.2 Å². The van der Waals surface area contributed by atoms with E-state index in [4.69, 9.17) is 37.4 Å². The van der Waals surface area contributed by atoms with E-state index in [9.17, 15) is 18.7 Å². The Morgan fingerprint density at radius 3 is 2.51 bits per heavy atom.